The van der Waals surface area contributed by atoms with E-state index in [9.17, 15) is 0 Å². The molecule has 0 radical (unpaired) electrons. The highest BCUT2D eigenvalue weighted by Crippen LogP contribution is 2.36. The van der Waals surface area contributed by atoms with E-state index < -0.39 is 0 Å². The standard InChI is InChI=1S/C27H47NO2/c1-4-5-6-7-8-9-10-11-12-13-14-15-16-17-18-25-24-22-27(30-3)26(29-2)21-23(24)19-20-28-25/h21-22,25,28H,4-20H2,1-3H3. The van der Waals surface area contributed by atoms with Gasteiger partial charge in [-0.2, -0.15) is 0 Å². The number of benzene rings is 1. The molecule has 0 bridgehead atoms. The van der Waals surface area contributed by atoms with Crippen LogP contribution in [0.2, 0.25) is 0 Å². The molecule has 30 heavy (non-hydrogen) atoms. The Balaban J connectivity index is 1.53. The van der Waals surface area contributed by atoms with Crippen LogP contribution in [0.1, 0.15) is 120 Å². The summed E-state index contributed by atoms with van der Waals surface area (Å²) < 4.78 is 11.0. The van der Waals surface area contributed by atoms with Gasteiger partial charge in [0.15, 0.2) is 11.5 Å². The van der Waals surface area contributed by atoms with Gasteiger partial charge in [0.1, 0.15) is 0 Å². The van der Waals surface area contributed by atoms with Gasteiger partial charge in [0.25, 0.3) is 0 Å². The second kappa shape index (κ2) is 15.6. The first-order valence-electron chi connectivity index (χ1n) is 12.8. The average Bonchev–Trinajstić information content (AvgIpc) is 2.78. The summed E-state index contributed by atoms with van der Waals surface area (Å²) in [5, 5.41) is 3.71. The Morgan fingerprint density at radius 3 is 1.77 bits per heavy atom. The molecule has 0 aliphatic carbocycles. The van der Waals surface area contributed by atoms with E-state index in [0.717, 1.165) is 24.5 Å². The van der Waals surface area contributed by atoms with Crippen molar-refractivity contribution in [3.05, 3.63) is 23.3 Å². The van der Waals surface area contributed by atoms with Gasteiger partial charge in [0.2, 0.25) is 0 Å². The summed E-state index contributed by atoms with van der Waals surface area (Å²) in [6.45, 7) is 3.35. The summed E-state index contributed by atoms with van der Waals surface area (Å²) >= 11 is 0. The van der Waals surface area contributed by atoms with Crippen LogP contribution < -0.4 is 14.8 Å². The first-order valence-corrected chi connectivity index (χ1v) is 12.8. The molecule has 3 nitrogen and oxygen atoms in total. The Morgan fingerprint density at radius 1 is 0.733 bits per heavy atom. The SMILES string of the molecule is CCCCCCCCCCCCCCCCC1NCCc2cc(OC)c(OC)cc21. The van der Waals surface area contributed by atoms with Crippen LogP contribution in [-0.2, 0) is 6.42 Å². The summed E-state index contributed by atoms with van der Waals surface area (Å²) in [5.41, 5.74) is 2.83. The molecule has 0 fully saturated rings. The first-order chi connectivity index (χ1) is 14.8. The fourth-order valence-corrected chi connectivity index (χ4v) is 4.77. The minimum atomic E-state index is 0.464. The number of hydrogen-bond donors (Lipinski definition) is 1. The highest BCUT2D eigenvalue weighted by molar-refractivity contribution is 5.49. The molecule has 1 N–H and O–H groups in total. The molecule has 0 saturated carbocycles. The predicted octanol–water partition coefficient (Wildman–Crippen LogP) is 7.76. The zero-order chi connectivity index (χ0) is 21.4. The number of rotatable bonds is 17. The molecule has 1 heterocycles. The highest BCUT2D eigenvalue weighted by atomic mass is 16.5. The molecule has 1 aliphatic rings. The van der Waals surface area contributed by atoms with E-state index in [0.29, 0.717) is 6.04 Å². The van der Waals surface area contributed by atoms with Crippen LogP contribution in [0.15, 0.2) is 12.1 Å². The average molecular weight is 418 g/mol. The van der Waals surface area contributed by atoms with E-state index >= 15 is 0 Å². The van der Waals surface area contributed by atoms with Gasteiger partial charge < -0.3 is 14.8 Å². The third-order valence-electron chi connectivity index (χ3n) is 6.65. The fourth-order valence-electron chi connectivity index (χ4n) is 4.77. The molecular formula is C27H47NO2. The van der Waals surface area contributed by atoms with Crippen molar-refractivity contribution in [2.45, 2.75) is 116 Å². The van der Waals surface area contributed by atoms with Crippen molar-refractivity contribution in [1.29, 1.82) is 0 Å². The lowest BCUT2D eigenvalue weighted by Crippen LogP contribution is -2.29. The molecule has 1 aromatic rings. The third kappa shape index (κ3) is 8.88. The predicted molar refractivity (Wildman–Crippen MR) is 129 cm³/mol. The molecule has 172 valence electrons. The van der Waals surface area contributed by atoms with Crippen molar-refractivity contribution in [3.8, 4) is 11.5 Å². The van der Waals surface area contributed by atoms with Crippen molar-refractivity contribution in [3.63, 3.8) is 0 Å². The monoisotopic (exact) mass is 417 g/mol. The van der Waals surface area contributed by atoms with Gasteiger partial charge in [0, 0.05) is 6.04 Å². The number of unbranched alkanes of at least 4 members (excludes halogenated alkanes) is 13. The minimum Gasteiger partial charge on any atom is -0.493 e. The largest absolute Gasteiger partial charge is 0.493 e. The molecule has 1 atom stereocenters. The molecule has 0 aromatic heterocycles. The van der Waals surface area contributed by atoms with Gasteiger partial charge in [0.05, 0.1) is 14.2 Å². The molecule has 2 rings (SSSR count). The lowest BCUT2D eigenvalue weighted by atomic mass is 9.90. The van der Waals surface area contributed by atoms with Gasteiger partial charge >= 0.3 is 0 Å². The normalized spacial score (nSPS) is 15.8. The van der Waals surface area contributed by atoms with Crippen LogP contribution >= 0.6 is 0 Å². The minimum absolute atomic E-state index is 0.464. The maximum Gasteiger partial charge on any atom is 0.161 e. The number of hydrogen-bond acceptors (Lipinski definition) is 3. The van der Waals surface area contributed by atoms with Crippen LogP contribution in [0.4, 0.5) is 0 Å². The summed E-state index contributed by atoms with van der Waals surface area (Å²) in [4.78, 5) is 0. The zero-order valence-electron chi connectivity index (χ0n) is 20.1. The number of methoxy groups -OCH3 is 2. The van der Waals surface area contributed by atoms with E-state index in [-0.39, 0.29) is 0 Å². The van der Waals surface area contributed by atoms with E-state index in [1.54, 1.807) is 14.2 Å². The molecular weight excluding hydrogens is 370 g/mol. The highest BCUT2D eigenvalue weighted by Gasteiger charge is 2.22. The molecule has 0 spiro atoms. The maximum absolute atomic E-state index is 5.52. The van der Waals surface area contributed by atoms with Crippen LogP contribution in [0, 0.1) is 0 Å². The molecule has 1 unspecified atom stereocenters. The molecule has 1 aromatic carbocycles. The van der Waals surface area contributed by atoms with Crippen molar-refractivity contribution < 1.29 is 9.47 Å². The van der Waals surface area contributed by atoms with Crippen molar-refractivity contribution >= 4 is 0 Å². The summed E-state index contributed by atoms with van der Waals surface area (Å²) in [5.74, 6) is 1.71. The van der Waals surface area contributed by atoms with Crippen LogP contribution in [-0.4, -0.2) is 20.8 Å². The van der Waals surface area contributed by atoms with E-state index in [1.807, 2.05) is 0 Å². The zero-order valence-corrected chi connectivity index (χ0v) is 20.1. The summed E-state index contributed by atoms with van der Waals surface area (Å²) in [6.07, 6.45) is 22.1. The second-order valence-electron chi connectivity index (χ2n) is 9.05. The van der Waals surface area contributed by atoms with Gasteiger partial charge in [-0.3, -0.25) is 0 Å². The molecule has 0 amide bonds. The Labute approximate surface area is 186 Å². The number of nitrogens with one attached hydrogen (secondary N) is 1. The molecule has 3 heteroatoms. The van der Waals surface area contributed by atoms with Gasteiger partial charge in [-0.1, -0.05) is 96.8 Å². The number of fused-ring (bicyclic) bond motifs is 1. The van der Waals surface area contributed by atoms with E-state index in [1.165, 1.54) is 107 Å². The van der Waals surface area contributed by atoms with Crippen LogP contribution in [0.5, 0.6) is 11.5 Å². The van der Waals surface area contributed by atoms with E-state index in [2.05, 4.69) is 24.4 Å². The summed E-state index contributed by atoms with van der Waals surface area (Å²) in [6, 6.07) is 4.83. The van der Waals surface area contributed by atoms with Gasteiger partial charge in [-0.15, -0.1) is 0 Å². The molecule has 0 saturated heterocycles. The van der Waals surface area contributed by atoms with Crippen LogP contribution in [0.25, 0.3) is 0 Å². The Kier molecular flexibility index (Phi) is 13.0. The number of ether oxygens (including phenoxy) is 2. The Hall–Kier alpha value is -1.22. The Morgan fingerprint density at radius 2 is 1.23 bits per heavy atom. The van der Waals surface area contributed by atoms with Crippen molar-refractivity contribution in [2.24, 2.45) is 0 Å². The quantitative estimate of drug-likeness (QED) is 0.263. The van der Waals surface area contributed by atoms with Gasteiger partial charge in [-0.25, -0.2) is 0 Å². The Bertz CT molecular complexity index is 572. The van der Waals surface area contributed by atoms with E-state index in [4.69, 9.17) is 9.47 Å². The maximum atomic E-state index is 5.52. The van der Waals surface area contributed by atoms with Crippen molar-refractivity contribution in [2.75, 3.05) is 20.8 Å². The lowest BCUT2D eigenvalue weighted by Gasteiger charge is -2.28. The fraction of sp³-hybridized carbons (Fsp3) is 0.778. The smallest absolute Gasteiger partial charge is 0.161 e. The topological polar surface area (TPSA) is 30.5 Å². The van der Waals surface area contributed by atoms with Crippen LogP contribution in [0.3, 0.4) is 0 Å². The summed E-state index contributed by atoms with van der Waals surface area (Å²) in [7, 11) is 3.45. The molecule has 1 aliphatic heterocycles. The van der Waals surface area contributed by atoms with Gasteiger partial charge in [-0.05, 0) is 42.6 Å². The van der Waals surface area contributed by atoms with Crippen molar-refractivity contribution in [1.82, 2.24) is 5.32 Å². The first kappa shape index (κ1) is 25.0. The lowest BCUT2D eigenvalue weighted by molar-refractivity contribution is 0.351. The third-order valence-corrected chi connectivity index (χ3v) is 6.65. The second-order valence-corrected chi connectivity index (χ2v) is 9.05.